The highest BCUT2D eigenvalue weighted by Crippen LogP contribution is 2.39. The Hall–Kier alpha value is -0.596. The summed E-state index contributed by atoms with van der Waals surface area (Å²) in [5, 5.41) is 0.317. The quantitative estimate of drug-likeness (QED) is 0.0983. The lowest BCUT2D eigenvalue weighted by molar-refractivity contribution is -0.137. The number of allylic oxidation sites excluding steroid dienone is 1. The lowest BCUT2D eigenvalue weighted by atomic mass is 10.1. The molecule has 0 N–H and O–H groups in total. The number of carbonyl (C=O) groups is 1. The SMILES string of the molecule is CCOC(=O)/C=C(/CCCCC(CC)O[Si](C)(C)C(C)(C)C)O[Si](C)(C)C(C)(C)C. The molecule has 178 valence electrons. The Balaban J connectivity index is 4.98. The number of hydrogen-bond donors (Lipinski definition) is 0. The second kappa shape index (κ2) is 11.9. The molecule has 0 radical (unpaired) electrons. The molecule has 0 rings (SSSR count). The van der Waals surface area contributed by atoms with Gasteiger partial charge < -0.3 is 13.6 Å². The van der Waals surface area contributed by atoms with Gasteiger partial charge in [-0.15, -0.1) is 0 Å². The molecule has 0 aromatic rings. The zero-order chi connectivity index (χ0) is 23.8. The van der Waals surface area contributed by atoms with Crippen molar-refractivity contribution >= 4 is 22.6 Å². The van der Waals surface area contributed by atoms with Crippen molar-refractivity contribution in [2.75, 3.05) is 6.61 Å². The molecule has 0 aromatic carbocycles. The molecule has 0 heterocycles. The first-order valence-corrected chi connectivity index (χ1v) is 17.5. The van der Waals surface area contributed by atoms with Gasteiger partial charge in [0.25, 0.3) is 0 Å². The van der Waals surface area contributed by atoms with Crippen LogP contribution < -0.4 is 0 Å². The minimum Gasteiger partial charge on any atom is -0.546 e. The summed E-state index contributed by atoms with van der Waals surface area (Å²) < 4.78 is 18.2. The van der Waals surface area contributed by atoms with E-state index in [1.54, 1.807) is 6.08 Å². The van der Waals surface area contributed by atoms with E-state index in [1.807, 2.05) is 6.92 Å². The van der Waals surface area contributed by atoms with Crippen molar-refractivity contribution < 1.29 is 18.4 Å². The third-order valence-electron chi connectivity index (χ3n) is 6.68. The Labute approximate surface area is 189 Å². The largest absolute Gasteiger partial charge is 0.546 e. The van der Waals surface area contributed by atoms with Crippen molar-refractivity contribution in [3.8, 4) is 0 Å². The maximum atomic E-state index is 12.0. The van der Waals surface area contributed by atoms with E-state index in [0.29, 0.717) is 12.7 Å². The number of unbranched alkanes of at least 4 members (excludes halogenated alkanes) is 1. The molecule has 30 heavy (non-hydrogen) atoms. The summed E-state index contributed by atoms with van der Waals surface area (Å²) in [7, 11) is -3.74. The summed E-state index contributed by atoms with van der Waals surface area (Å²) in [6.45, 7) is 27.0. The van der Waals surface area contributed by atoms with Crippen molar-refractivity contribution in [3.05, 3.63) is 11.8 Å². The predicted octanol–water partition coefficient (Wildman–Crippen LogP) is 7.82. The van der Waals surface area contributed by atoms with E-state index in [9.17, 15) is 4.79 Å². The van der Waals surface area contributed by atoms with Crippen molar-refractivity contribution in [1.82, 2.24) is 0 Å². The number of rotatable bonds is 12. The van der Waals surface area contributed by atoms with Gasteiger partial charge in [0.2, 0.25) is 8.32 Å². The molecular formula is C24H50O4Si2. The van der Waals surface area contributed by atoms with Gasteiger partial charge in [0.05, 0.1) is 18.4 Å². The van der Waals surface area contributed by atoms with Crippen LogP contribution in [0.2, 0.25) is 36.3 Å². The summed E-state index contributed by atoms with van der Waals surface area (Å²) in [5.74, 6) is 0.470. The van der Waals surface area contributed by atoms with Crippen LogP contribution in [0, 0.1) is 0 Å². The van der Waals surface area contributed by atoms with Gasteiger partial charge in [-0.2, -0.15) is 0 Å². The van der Waals surface area contributed by atoms with Crippen molar-refractivity contribution in [2.45, 2.75) is 130 Å². The smallest absolute Gasteiger partial charge is 0.334 e. The standard InChI is InChI=1S/C24H50O4Si2/c1-13-20(27-29(9,10)23(3,4)5)17-15-16-18-21(19-22(25)26-14-2)28-30(11,12)24(6,7)8/h19-20H,13-18H2,1-12H3/b21-19-. The third kappa shape index (κ3) is 10.1. The Bertz CT molecular complexity index is 555. The fraction of sp³-hybridized carbons (Fsp3) is 0.875. The van der Waals surface area contributed by atoms with Crippen molar-refractivity contribution in [1.29, 1.82) is 0 Å². The first kappa shape index (κ1) is 29.4. The number of carbonyl (C=O) groups excluding carboxylic acids is 1. The molecule has 0 saturated carbocycles. The zero-order valence-corrected chi connectivity index (χ0v) is 24.0. The van der Waals surface area contributed by atoms with E-state index in [0.717, 1.165) is 37.9 Å². The average Bonchev–Trinajstić information content (AvgIpc) is 2.55. The first-order chi connectivity index (χ1) is 13.5. The fourth-order valence-corrected chi connectivity index (χ4v) is 5.15. The lowest BCUT2D eigenvalue weighted by Gasteiger charge is -2.39. The van der Waals surface area contributed by atoms with E-state index >= 15 is 0 Å². The van der Waals surface area contributed by atoms with Gasteiger partial charge in [-0.3, -0.25) is 0 Å². The molecule has 0 aromatic heterocycles. The van der Waals surface area contributed by atoms with E-state index in [4.69, 9.17) is 13.6 Å². The molecule has 6 heteroatoms. The average molecular weight is 459 g/mol. The molecule has 0 fully saturated rings. The lowest BCUT2D eigenvalue weighted by Crippen LogP contribution is -2.43. The first-order valence-electron chi connectivity index (χ1n) is 11.7. The van der Waals surface area contributed by atoms with Crippen LogP contribution in [0.25, 0.3) is 0 Å². The van der Waals surface area contributed by atoms with Crippen LogP contribution in [-0.4, -0.2) is 35.3 Å². The predicted molar refractivity (Wildman–Crippen MR) is 134 cm³/mol. The zero-order valence-electron chi connectivity index (χ0n) is 22.0. The highest BCUT2D eigenvalue weighted by atomic mass is 28.4. The molecule has 0 saturated heterocycles. The van der Waals surface area contributed by atoms with Crippen LogP contribution in [0.15, 0.2) is 11.8 Å². The molecule has 4 nitrogen and oxygen atoms in total. The maximum absolute atomic E-state index is 12.0. The van der Waals surface area contributed by atoms with E-state index < -0.39 is 16.6 Å². The highest BCUT2D eigenvalue weighted by molar-refractivity contribution is 6.74. The van der Waals surface area contributed by atoms with Crippen molar-refractivity contribution in [3.63, 3.8) is 0 Å². The molecule has 0 spiro atoms. The van der Waals surface area contributed by atoms with E-state index in [1.165, 1.54) is 0 Å². The number of ether oxygens (including phenoxy) is 1. The van der Waals surface area contributed by atoms with Crippen LogP contribution in [-0.2, 0) is 18.4 Å². The molecule has 0 aliphatic heterocycles. The summed E-state index contributed by atoms with van der Waals surface area (Å²) >= 11 is 0. The molecule has 1 atom stereocenters. The molecule has 0 bridgehead atoms. The Kier molecular flexibility index (Phi) is 11.6. The van der Waals surface area contributed by atoms with Crippen LogP contribution in [0.1, 0.15) is 87.5 Å². The summed E-state index contributed by atoms with van der Waals surface area (Å²) in [6.07, 6.45) is 6.78. The van der Waals surface area contributed by atoms with Gasteiger partial charge in [-0.1, -0.05) is 54.9 Å². The summed E-state index contributed by atoms with van der Waals surface area (Å²) in [4.78, 5) is 12.0. The summed E-state index contributed by atoms with van der Waals surface area (Å²) in [5.41, 5.74) is 0. The third-order valence-corrected chi connectivity index (χ3v) is 15.6. The van der Waals surface area contributed by atoms with Gasteiger partial charge in [0, 0.05) is 12.5 Å². The Morgan fingerprint density at radius 1 is 0.900 bits per heavy atom. The van der Waals surface area contributed by atoms with Crippen LogP contribution in [0.5, 0.6) is 0 Å². The van der Waals surface area contributed by atoms with E-state index in [-0.39, 0.29) is 16.0 Å². The van der Waals surface area contributed by atoms with Gasteiger partial charge in [0.15, 0.2) is 8.32 Å². The van der Waals surface area contributed by atoms with Gasteiger partial charge in [-0.05, 0) is 62.5 Å². The van der Waals surface area contributed by atoms with Crippen molar-refractivity contribution in [2.24, 2.45) is 0 Å². The fourth-order valence-electron chi connectivity index (χ4n) is 2.56. The number of hydrogen-bond acceptors (Lipinski definition) is 4. The minimum absolute atomic E-state index is 0.0884. The monoisotopic (exact) mass is 458 g/mol. The molecule has 0 amide bonds. The van der Waals surface area contributed by atoms with E-state index in [2.05, 4.69) is 74.7 Å². The van der Waals surface area contributed by atoms with Crippen LogP contribution in [0.4, 0.5) is 0 Å². The topological polar surface area (TPSA) is 44.8 Å². The minimum atomic E-state index is -1.99. The van der Waals surface area contributed by atoms with Gasteiger partial charge in [0.1, 0.15) is 0 Å². The second-order valence-corrected chi connectivity index (χ2v) is 20.9. The van der Waals surface area contributed by atoms with Crippen LogP contribution >= 0.6 is 0 Å². The molecule has 0 aliphatic rings. The van der Waals surface area contributed by atoms with Gasteiger partial charge >= 0.3 is 5.97 Å². The molecular weight excluding hydrogens is 408 g/mol. The second-order valence-electron chi connectivity index (χ2n) is 11.4. The Morgan fingerprint density at radius 2 is 1.43 bits per heavy atom. The normalized spacial score (nSPS) is 15.1. The molecule has 0 aliphatic carbocycles. The van der Waals surface area contributed by atoms with Crippen LogP contribution in [0.3, 0.4) is 0 Å². The Morgan fingerprint density at radius 3 is 1.87 bits per heavy atom. The number of esters is 1. The maximum Gasteiger partial charge on any atom is 0.334 e. The highest BCUT2D eigenvalue weighted by Gasteiger charge is 2.40. The summed E-state index contributed by atoms with van der Waals surface area (Å²) in [6, 6.07) is 0. The molecule has 1 unspecified atom stereocenters. The van der Waals surface area contributed by atoms with Gasteiger partial charge in [-0.25, -0.2) is 4.79 Å².